The van der Waals surface area contributed by atoms with E-state index in [1.54, 1.807) is 18.2 Å². The lowest BCUT2D eigenvalue weighted by atomic mass is 9.96. The highest BCUT2D eigenvalue weighted by molar-refractivity contribution is 6.32. The second-order valence-corrected chi connectivity index (χ2v) is 7.44. The lowest BCUT2D eigenvalue weighted by molar-refractivity contribution is -0.384. The molecule has 0 saturated heterocycles. The van der Waals surface area contributed by atoms with E-state index in [1.807, 2.05) is 31.2 Å². The van der Waals surface area contributed by atoms with Crippen LogP contribution in [0.2, 0.25) is 5.15 Å². The van der Waals surface area contributed by atoms with Gasteiger partial charge in [-0.3, -0.25) is 10.1 Å². The summed E-state index contributed by atoms with van der Waals surface area (Å²) in [5.41, 5.74) is 10.7. The molecule has 2 heterocycles. The van der Waals surface area contributed by atoms with Crippen LogP contribution in [0.5, 0.6) is 0 Å². The third kappa shape index (κ3) is 3.89. The summed E-state index contributed by atoms with van der Waals surface area (Å²) in [6.45, 7) is 1.98. The highest BCUT2D eigenvalue weighted by Gasteiger charge is 2.18. The van der Waals surface area contributed by atoms with Gasteiger partial charge in [0.05, 0.1) is 28.6 Å². The van der Waals surface area contributed by atoms with E-state index in [0.717, 1.165) is 16.5 Å². The molecular weight excluding hydrogens is 414 g/mol. The van der Waals surface area contributed by atoms with Crippen LogP contribution in [-0.2, 0) is 6.42 Å². The zero-order valence-electron chi connectivity index (χ0n) is 16.5. The van der Waals surface area contributed by atoms with Crippen LogP contribution in [0.25, 0.3) is 33.3 Å². The van der Waals surface area contributed by atoms with Crippen LogP contribution in [0.15, 0.2) is 54.6 Å². The molecule has 2 aromatic carbocycles. The fraction of sp³-hybridized carbons (Fsp3) is 0.0870. The van der Waals surface area contributed by atoms with E-state index in [0.29, 0.717) is 27.9 Å². The van der Waals surface area contributed by atoms with Crippen molar-refractivity contribution < 1.29 is 4.92 Å². The smallest absolute Gasteiger partial charge is 0.270 e. The van der Waals surface area contributed by atoms with Crippen molar-refractivity contribution in [3.8, 4) is 28.5 Å². The predicted molar refractivity (Wildman–Crippen MR) is 121 cm³/mol. The topological polar surface area (TPSA) is 119 Å². The first-order chi connectivity index (χ1) is 14.9. The van der Waals surface area contributed by atoms with Crippen LogP contribution >= 0.6 is 11.6 Å². The quantitative estimate of drug-likeness (QED) is 0.260. The maximum atomic E-state index is 11.2. The zero-order chi connectivity index (χ0) is 22.1. The minimum absolute atomic E-state index is 0.0334. The minimum Gasteiger partial charge on any atom is -0.383 e. The summed E-state index contributed by atoms with van der Waals surface area (Å²) in [5.74, 6) is 0.167. The van der Waals surface area contributed by atoms with Gasteiger partial charge in [-0.05, 0) is 36.2 Å². The van der Waals surface area contributed by atoms with E-state index in [-0.39, 0.29) is 23.1 Å². The van der Waals surface area contributed by atoms with Gasteiger partial charge in [0.25, 0.3) is 5.69 Å². The molecule has 2 aromatic heterocycles. The first-order valence-electron chi connectivity index (χ1n) is 9.36. The summed E-state index contributed by atoms with van der Waals surface area (Å²) in [5, 5.41) is 21.6. The number of nitriles is 1. The van der Waals surface area contributed by atoms with E-state index >= 15 is 0 Å². The molecule has 0 bridgehead atoms. The molecule has 0 aliphatic heterocycles. The second-order valence-electron chi connectivity index (χ2n) is 7.08. The van der Waals surface area contributed by atoms with Gasteiger partial charge in [-0.1, -0.05) is 35.9 Å². The number of nitro groups is 1. The summed E-state index contributed by atoms with van der Waals surface area (Å²) >= 11 is 6.54. The molecule has 0 radical (unpaired) electrons. The van der Waals surface area contributed by atoms with Crippen molar-refractivity contribution in [1.29, 1.82) is 5.26 Å². The minimum atomic E-state index is -0.468. The SMILES string of the molecule is Cc1ccc2cc(-c3cc(-c4cccc([N+](=O)[O-])c4)nc(N)c3CC#N)c(Cl)nc2c1. The number of non-ortho nitro benzene ring substituents is 1. The lowest BCUT2D eigenvalue weighted by Crippen LogP contribution is -2.03. The maximum absolute atomic E-state index is 11.2. The Labute approximate surface area is 182 Å². The highest BCUT2D eigenvalue weighted by Crippen LogP contribution is 2.37. The van der Waals surface area contributed by atoms with E-state index in [4.69, 9.17) is 17.3 Å². The largest absolute Gasteiger partial charge is 0.383 e. The number of benzene rings is 2. The second kappa shape index (κ2) is 8.01. The molecule has 0 fully saturated rings. The number of hydrogen-bond donors (Lipinski definition) is 1. The molecule has 0 aliphatic rings. The molecule has 4 rings (SSSR count). The first kappa shape index (κ1) is 20.3. The van der Waals surface area contributed by atoms with Crippen LogP contribution in [-0.4, -0.2) is 14.9 Å². The molecule has 0 unspecified atom stereocenters. The van der Waals surface area contributed by atoms with Crippen molar-refractivity contribution in [2.75, 3.05) is 5.73 Å². The molecule has 31 heavy (non-hydrogen) atoms. The number of fused-ring (bicyclic) bond motifs is 1. The average molecular weight is 430 g/mol. The molecule has 0 saturated carbocycles. The molecular formula is C23H16ClN5O2. The summed E-state index contributed by atoms with van der Waals surface area (Å²) in [6.07, 6.45) is 0.0334. The number of halogens is 1. The van der Waals surface area contributed by atoms with Gasteiger partial charge in [0, 0.05) is 34.2 Å². The normalized spacial score (nSPS) is 10.7. The standard InChI is InChI=1S/C23H16ClN5O2/c1-13-5-6-15-11-19(22(24)27-20(15)9-13)18-12-21(28-23(26)17(18)7-8-25)14-3-2-4-16(10-14)29(30)31/h2-6,9-12H,7H2,1H3,(H2,26,28). The van der Waals surface area contributed by atoms with Crippen LogP contribution < -0.4 is 5.73 Å². The van der Waals surface area contributed by atoms with Crippen LogP contribution in [0, 0.1) is 28.4 Å². The number of hydrogen-bond acceptors (Lipinski definition) is 6. The Morgan fingerprint density at radius 1 is 1.13 bits per heavy atom. The third-order valence-electron chi connectivity index (χ3n) is 4.98. The van der Waals surface area contributed by atoms with Gasteiger partial charge >= 0.3 is 0 Å². The zero-order valence-corrected chi connectivity index (χ0v) is 17.2. The van der Waals surface area contributed by atoms with Crippen molar-refractivity contribution in [2.45, 2.75) is 13.3 Å². The van der Waals surface area contributed by atoms with Crippen LogP contribution in [0.3, 0.4) is 0 Å². The Hall–Kier alpha value is -4.02. The highest BCUT2D eigenvalue weighted by atomic mass is 35.5. The Balaban J connectivity index is 1.97. The number of nitro benzene ring substituents is 1. The average Bonchev–Trinajstić information content (AvgIpc) is 2.74. The van der Waals surface area contributed by atoms with Gasteiger partial charge in [0.2, 0.25) is 0 Å². The van der Waals surface area contributed by atoms with E-state index in [2.05, 4.69) is 16.0 Å². The molecule has 0 atom stereocenters. The van der Waals surface area contributed by atoms with Crippen LogP contribution in [0.1, 0.15) is 11.1 Å². The maximum Gasteiger partial charge on any atom is 0.270 e. The summed E-state index contributed by atoms with van der Waals surface area (Å²) in [6, 6.07) is 17.8. The predicted octanol–water partition coefficient (Wildman–Crippen LogP) is 5.48. The molecule has 7 nitrogen and oxygen atoms in total. The molecule has 2 N–H and O–H groups in total. The number of anilines is 1. The molecule has 0 spiro atoms. The lowest BCUT2D eigenvalue weighted by Gasteiger charge is -2.14. The molecule has 8 heteroatoms. The van der Waals surface area contributed by atoms with Crippen molar-refractivity contribution >= 4 is 34.0 Å². The number of aromatic nitrogens is 2. The van der Waals surface area contributed by atoms with Crippen molar-refractivity contribution in [3.63, 3.8) is 0 Å². The Bertz CT molecular complexity index is 1400. The first-order valence-corrected chi connectivity index (χ1v) is 9.73. The summed E-state index contributed by atoms with van der Waals surface area (Å²) in [7, 11) is 0. The van der Waals surface area contributed by atoms with Crippen molar-refractivity contribution in [3.05, 3.63) is 81.0 Å². The number of rotatable bonds is 4. The number of nitrogens with two attached hydrogens (primary N) is 1. The Kier molecular flexibility index (Phi) is 5.24. The summed E-state index contributed by atoms with van der Waals surface area (Å²) < 4.78 is 0. The van der Waals surface area contributed by atoms with Crippen molar-refractivity contribution in [1.82, 2.24) is 9.97 Å². The number of aryl methyl sites for hydroxylation is 1. The van der Waals surface area contributed by atoms with Gasteiger partial charge in [-0.2, -0.15) is 5.26 Å². The monoisotopic (exact) mass is 429 g/mol. The van der Waals surface area contributed by atoms with Gasteiger partial charge in [-0.15, -0.1) is 0 Å². The van der Waals surface area contributed by atoms with Gasteiger partial charge in [0.1, 0.15) is 11.0 Å². The van der Waals surface area contributed by atoms with E-state index < -0.39 is 4.92 Å². The van der Waals surface area contributed by atoms with E-state index in [1.165, 1.54) is 12.1 Å². The molecule has 0 amide bonds. The molecule has 0 aliphatic carbocycles. The van der Waals surface area contributed by atoms with Crippen LogP contribution in [0.4, 0.5) is 11.5 Å². The van der Waals surface area contributed by atoms with Gasteiger partial charge in [0.15, 0.2) is 0 Å². The molecule has 4 aromatic rings. The van der Waals surface area contributed by atoms with Gasteiger partial charge < -0.3 is 5.73 Å². The number of pyridine rings is 2. The summed E-state index contributed by atoms with van der Waals surface area (Å²) in [4.78, 5) is 19.6. The van der Waals surface area contributed by atoms with E-state index in [9.17, 15) is 15.4 Å². The van der Waals surface area contributed by atoms with Gasteiger partial charge in [-0.25, -0.2) is 9.97 Å². The fourth-order valence-corrected chi connectivity index (χ4v) is 3.71. The Morgan fingerprint density at radius 2 is 1.94 bits per heavy atom. The molecule has 152 valence electrons. The third-order valence-corrected chi connectivity index (χ3v) is 5.27. The Morgan fingerprint density at radius 3 is 2.68 bits per heavy atom. The number of nitrogen functional groups attached to an aromatic ring is 1. The number of nitrogens with zero attached hydrogens (tertiary/aromatic N) is 4. The fourth-order valence-electron chi connectivity index (χ4n) is 3.47. The van der Waals surface area contributed by atoms with Crippen molar-refractivity contribution in [2.24, 2.45) is 0 Å².